The van der Waals surface area contributed by atoms with Gasteiger partial charge in [-0.2, -0.15) is 0 Å². The summed E-state index contributed by atoms with van der Waals surface area (Å²) in [5.41, 5.74) is 11.2. The first-order valence-corrected chi connectivity index (χ1v) is 9.71. The zero-order chi connectivity index (χ0) is 20.0. The minimum atomic E-state index is 0.0908. The molecule has 0 heterocycles. The highest BCUT2D eigenvalue weighted by Crippen LogP contribution is 2.39. The molecule has 0 spiro atoms. The van der Waals surface area contributed by atoms with Gasteiger partial charge in [0.25, 0.3) is 0 Å². The number of hydrogen-bond acceptors (Lipinski definition) is 1. The average Bonchev–Trinajstić information content (AvgIpc) is 2.53. The molecule has 0 saturated carbocycles. The van der Waals surface area contributed by atoms with Crippen molar-refractivity contribution in [3.8, 4) is 0 Å². The van der Waals surface area contributed by atoms with Gasteiger partial charge >= 0.3 is 0 Å². The van der Waals surface area contributed by atoms with Crippen molar-refractivity contribution < 1.29 is 0 Å². The summed E-state index contributed by atoms with van der Waals surface area (Å²) in [5, 5.41) is 0. The Bertz CT molecular complexity index is 814. The van der Waals surface area contributed by atoms with Gasteiger partial charge in [0.1, 0.15) is 0 Å². The lowest BCUT2D eigenvalue weighted by Gasteiger charge is -2.33. The summed E-state index contributed by atoms with van der Waals surface area (Å²) >= 11 is 0. The van der Waals surface area contributed by atoms with E-state index in [2.05, 4.69) is 105 Å². The molecule has 26 heavy (non-hydrogen) atoms. The monoisotopic (exact) mass is 351 g/mol. The van der Waals surface area contributed by atoms with E-state index in [0.29, 0.717) is 0 Å². The molecule has 1 heteroatoms. The molecule has 2 rings (SSSR count). The van der Waals surface area contributed by atoms with Crippen molar-refractivity contribution in [3.63, 3.8) is 0 Å². The maximum atomic E-state index is 2.41. The molecule has 0 amide bonds. The van der Waals surface area contributed by atoms with Gasteiger partial charge in [0, 0.05) is 18.4 Å². The first-order valence-electron chi connectivity index (χ1n) is 9.71. The lowest BCUT2D eigenvalue weighted by atomic mass is 9.79. The second-order valence-electron chi connectivity index (χ2n) is 9.88. The van der Waals surface area contributed by atoms with Gasteiger partial charge in [0.2, 0.25) is 0 Å². The third-order valence-electron chi connectivity index (χ3n) is 5.85. The third-order valence-corrected chi connectivity index (χ3v) is 5.85. The van der Waals surface area contributed by atoms with Gasteiger partial charge in [-0.1, -0.05) is 53.7 Å². The van der Waals surface area contributed by atoms with Crippen LogP contribution in [-0.4, -0.2) is 7.05 Å². The molecule has 2 aromatic carbocycles. The topological polar surface area (TPSA) is 3.24 Å². The molecular weight excluding hydrogens is 314 g/mol. The van der Waals surface area contributed by atoms with Crippen LogP contribution in [0.3, 0.4) is 0 Å². The Morgan fingerprint density at radius 2 is 1.23 bits per heavy atom. The Kier molecular flexibility index (Phi) is 5.34. The quantitative estimate of drug-likeness (QED) is 0.549. The van der Waals surface area contributed by atoms with Crippen molar-refractivity contribution in [3.05, 3.63) is 57.6 Å². The highest BCUT2D eigenvalue weighted by Gasteiger charge is 2.25. The van der Waals surface area contributed by atoms with Crippen LogP contribution in [-0.2, 0) is 10.8 Å². The number of benzene rings is 2. The van der Waals surface area contributed by atoms with Crippen LogP contribution in [0.5, 0.6) is 0 Å². The molecule has 2 aromatic rings. The standard InChI is InChI=1S/C25H37N/c1-16-14-23(19(4)18(3)17(16)2)26(11)22-13-12-20(24(5,6)7)15-21(22)25(8,9)10/h12-15H,1-11H3. The van der Waals surface area contributed by atoms with Crippen LogP contribution in [0, 0.1) is 27.7 Å². The van der Waals surface area contributed by atoms with Crippen molar-refractivity contribution in [2.45, 2.75) is 80.1 Å². The molecule has 1 nitrogen and oxygen atoms in total. The summed E-state index contributed by atoms with van der Waals surface area (Å²) in [7, 11) is 2.21. The SMILES string of the molecule is Cc1cc(N(C)c2ccc(C(C)(C)C)cc2C(C)(C)C)c(C)c(C)c1C. The van der Waals surface area contributed by atoms with Gasteiger partial charge in [-0.3, -0.25) is 0 Å². The van der Waals surface area contributed by atoms with Crippen LogP contribution < -0.4 is 4.90 Å². The fourth-order valence-electron chi connectivity index (χ4n) is 3.56. The van der Waals surface area contributed by atoms with Crippen LogP contribution in [0.2, 0.25) is 0 Å². The summed E-state index contributed by atoms with van der Waals surface area (Å²) in [5.74, 6) is 0. The predicted octanol–water partition coefficient (Wildman–Crippen LogP) is 7.28. The van der Waals surface area contributed by atoms with E-state index in [1.807, 2.05) is 0 Å². The number of nitrogens with zero attached hydrogens (tertiary/aromatic N) is 1. The van der Waals surface area contributed by atoms with Crippen LogP contribution >= 0.6 is 0 Å². The number of hydrogen-bond donors (Lipinski definition) is 0. The second-order valence-corrected chi connectivity index (χ2v) is 9.88. The van der Waals surface area contributed by atoms with Crippen molar-refractivity contribution >= 4 is 11.4 Å². The molecule has 0 aliphatic heterocycles. The zero-order valence-corrected chi connectivity index (χ0v) is 18.8. The summed E-state index contributed by atoms with van der Waals surface area (Å²) in [6.45, 7) is 22.7. The Morgan fingerprint density at radius 3 is 1.73 bits per heavy atom. The lowest BCUT2D eigenvalue weighted by Crippen LogP contribution is -2.22. The van der Waals surface area contributed by atoms with Crippen molar-refractivity contribution in [1.29, 1.82) is 0 Å². The van der Waals surface area contributed by atoms with Gasteiger partial charge in [0.15, 0.2) is 0 Å². The van der Waals surface area contributed by atoms with Crippen LogP contribution in [0.15, 0.2) is 24.3 Å². The molecule has 0 fully saturated rings. The van der Waals surface area contributed by atoms with Gasteiger partial charge in [-0.25, -0.2) is 0 Å². The fourth-order valence-corrected chi connectivity index (χ4v) is 3.56. The first-order chi connectivity index (χ1) is 11.7. The smallest absolute Gasteiger partial charge is 0.0446 e. The Labute approximate surface area is 161 Å². The fraction of sp³-hybridized carbons (Fsp3) is 0.520. The summed E-state index contributed by atoms with van der Waals surface area (Å²) in [6, 6.07) is 9.35. The highest BCUT2D eigenvalue weighted by atomic mass is 15.1. The van der Waals surface area contributed by atoms with Crippen molar-refractivity contribution in [2.75, 3.05) is 11.9 Å². The van der Waals surface area contributed by atoms with E-state index in [9.17, 15) is 0 Å². The Hall–Kier alpha value is -1.76. The number of aryl methyl sites for hydroxylation is 1. The molecule has 0 atom stereocenters. The van der Waals surface area contributed by atoms with Gasteiger partial charge in [-0.05, 0) is 84.0 Å². The molecule has 0 aromatic heterocycles. The summed E-state index contributed by atoms with van der Waals surface area (Å²) in [6.07, 6.45) is 0. The highest BCUT2D eigenvalue weighted by molar-refractivity contribution is 5.72. The van der Waals surface area contributed by atoms with E-state index >= 15 is 0 Å². The van der Waals surface area contributed by atoms with Crippen LogP contribution in [0.25, 0.3) is 0 Å². The van der Waals surface area contributed by atoms with E-state index in [1.165, 1.54) is 44.8 Å². The van der Waals surface area contributed by atoms with E-state index < -0.39 is 0 Å². The molecular formula is C25H37N. The maximum Gasteiger partial charge on any atom is 0.0446 e. The molecule has 0 bridgehead atoms. The van der Waals surface area contributed by atoms with Gasteiger partial charge in [0.05, 0.1) is 0 Å². The van der Waals surface area contributed by atoms with E-state index in [4.69, 9.17) is 0 Å². The van der Waals surface area contributed by atoms with Crippen LogP contribution in [0.4, 0.5) is 11.4 Å². The minimum Gasteiger partial charge on any atom is -0.344 e. The second kappa shape index (κ2) is 6.76. The molecule has 0 aliphatic rings. The first kappa shape index (κ1) is 20.6. The van der Waals surface area contributed by atoms with Crippen LogP contribution in [0.1, 0.15) is 74.9 Å². The normalized spacial score (nSPS) is 12.4. The van der Waals surface area contributed by atoms with Crippen molar-refractivity contribution in [1.82, 2.24) is 0 Å². The number of anilines is 2. The van der Waals surface area contributed by atoms with E-state index in [-0.39, 0.29) is 10.8 Å². The van der Waals surface area contributed by atoms with Gasteiger partial charge in [-0.15, -0.1) is 0 Å². The van der Waals surface area contributed by atoms with E-state index in [0.717, 1.165) is 0 Å². The summed E-state index contributed by atoms with van der Waals surface area (Å²) < 4.78 is 0. The van der Waals surface area contributed by atoms with E-state index in [1.54, 1.807) is 0 Å². The summed E-state index contributed by atoms with van der Waals surface area (Å²) in [4.78, 5) is 2.38. The molecule has 0 radical (unpaired) electrons. The van der Waals surface area contributed by atoms with Crippen molar-refractivity contribution in [2.24, 2.45) is 0 Å². The van der Waals surface area contributed by atoms with Gasteiger partial charge < -0.3 is 4.90 Å². The largest absolute Gasteiger partial charge is 0.344 e. The average molecular weight is 352 g/mol. The maximum absolute atomic E-state index is 2.41. The predicted molar refractivity (Wildman–Crippen MR) is 117 cm³/mol. The third kappa shape index (κ3) is 3.82. The minimum absolute atomic E-state index is 0.0908. The molecule has 0 aliphatic carbocycles. The molecule has 142 valence electrons. The molecule has 0 saturated heterocycles. The zero-order valence-electron chi connectivity index (χ0n) is 18.8. The Balaban J connectivity index is 2.69. The Morgan fingerprint density at radius 1 is 0.654 bits per heavy atom. The number of rotatable bonds is 2. The lowest BCUT2D eigenvalue weighted by molar-refractivity contribution is 0.569. The molecule has 0 N–H and O–H groups in total. The molecule has 0 unspecified atom stereocenters.